The van der Waals surface area contributed by atoms with Gasteiger partial charge in [0.1, 0.15) is 0 Å². The molecule has 0 saturated carbocycles. The van der Waals surface area contributed by atoms with Gasteiger partial charge in [0.25, 0.3) is 0 Å². The van der Waals surface area contributed by atoms with Crippen LogP contribution in [0.15, 0.2) is 78.0 Å². The van der Waals surface area contributed by atoms with Crippen LogP contribution in [0.5, 0.6) is 0 Å². The molecule has 1 amide bonds. The lowest BCUT2D eigenvalue weighted by Gasteiger charge is -2.20. The molecule has 0 bridgehead atoms. The summed E-state index contributed by atoms with van der Waals surface area (Å²) in [5.41, 5.74) is 2.89. The van der Waals surface area contributed by atoms with Crippen LogP contribution in [0.4, 0.5) is 4.79 Å². The molecule has 0 spiro atoms. The smallest absolute Gasteiger partial charge is 0.407 e. The number of carbonyl (C=O) groups is 2. The van der Waals surface area contributed by atoms with Gasteiger partial charge in [-0.1, -0.05) is 72.8 Å². The van der Waals surface area contributed by atoms with Gasteiger partial charge >= 0.3 is 12.1 Å². The molecule has 29 heavy (non-hydrogen) atoms. The number of benzene rings is 2. The van der Waals surface area contributed by atoms with Gasteiger partial charge in [0.05, 0.1) is 25.8 Å². The highest BCUT2D eigenvalue weighted by Crippen LogP contribution is 2.14. The zero-order valence-electron chi connectivity index (χ0n) is 16.8. The molecule has 0 radical (unpaired) electrons. The van der Waals surface area contributed by atoms with Crippen molar-refractivity contribution in [1.29, 1.82) is 0 Å². The quantitative estimate of drug-likeness (QED) is 0.528. The number of esters is 1. The molecule has 152 valence electrons. The van der Waals surface area contributed by atoms with Crippen molar-refractivity contribution < 1.29 is 19.1 Å². The molecule has 2 N–H and O–H groups in total. The minimum atomic E-state index is -0.738. The molecule has 6 nitrogen and oxygen atoms in total. The third kappa shape index (κ3) is 6.84. The van der Waals surface area contributed by atoms with Crippen molar-refractivity contribution in [2.75, 3.05) is 14.2 Å². The number of rotatable bonds is 8. The van der Waals surface area contributed by atoms with E-state index < -0.39 is 18.1 Å². The van der Waals surface area contributed by atoms with Crippen LogP contribution in [-0.2, 0) is 20.8 Å². The van der Waals surface area contributed by atoms with E-state index in [1.807, 2.05) is 66.7 Å². The number of hydrogen-bond donors (Lipinski definition) is 2. The predicted octanol–water partition coefficient (Wildman–Crippen LogP) is 3.66. The highest BCUT2D eigenvalue weighted by Gasteiger charge is 2.24. The second kappa shape index (κ2) is 11.3. The SMILES string of the molecule is COC(=O)N[C@@H](C=Cc1ccccc1)C(C(=O)OC)=C(C)NCc1ccccc1. The number of amides is 1. The Balaban J connectivity index is 2.33. The number of allylic oxidation sites excluding steroid dienone is 1. The largest absolute Gasteiger partial charge is 0.466 e. The van der Waals surface area contributed by atoms with Gasteiger partial charge in [-0.3, -0.25) is 0 Å². The molecule has 0 saturated heterocycles. The molecule has 0 unspecified atom stereocenters. The number of hydrogen-bond acceptors (Lipinski definition) is 5. The maximum absolute atomic E-state index is 12.5. The summed E-state index contributed by atoms with van der Waals surface area (Å²) in [7, 11) is 2.58. The molecule has 6 heteroatoms. The fourth-order valence-corrected chi connectivity index (χ4v) is 2.72. The van der Waals surface area contributed by atoms with E-state index in [2.05, 4.69) is 10.6 Å². The monoisotopic (exact) mass is 394 g/mol. The van der Waals surface area contributed by atoms with Gasteiger partial charge in [0.2, 0.25) is 0 Å². The van der Waals surface area contributed by atoms with Gasteiger partial charge in [-0.15, -0.1) is 0 Å². The number of carbonyl (C=O) groups excluding carboxylic acids is 2. The number of nitrogens with one attached hydrogen (secondary N) is 2. The first-order chi connectivity index (χ1) is 14.0. The van der Waals surface area contributed by atoms with Crippen LogP contribution in [0.3, 0.4) is 0 Å². The van der Waals surface area contributed by atoms with E-state index >= 15 is 0 Å². The summed E-state index contributed by atoms with van der Waals surface area (Å²) in [6, 6.07) is 18.6. The van der Waals surface area contributed by atoms with Gasteiger partial charge < -0.3 is 20.1 Å². The summed E-state index contributed by atoms with van der Waals surface area (Å²) in [5, 5.41) is 5.92. The van der Waals surface area contributed by atoms with Gasteiger partial charge in [-0.25, -0.2) is 9.59 Å². The second-order valence-corrected chi connectivity index (χ2v) is 6.25. The third-order valence-corrected chi connectivity index (χ3v) is 4.26. The standard InChI is InChI=1S/C23H26N2O4/c1-17(24-16-19-12-8-5-9-13-19)21(22(26)28-2)20(25-23(27)29-3)15-14-18-10-6-4-7-11-18/h4-15,20,24H,16H2,1-3H3,(H,25,27)/t20-/m0/s1. The van der Waals surface area contributed by atoms with E-state index in [1.165, 1.54) is 14.2 Å². The highest BCUT2D eigenvalue weighted by molar-refractivity contribution is 5.92. The van der Waals surface area contributed by atoms with Crippen LogP contribution in [-0.4, -0.2) is 32.3 Å². The molecule has 0 heterocycles. The Hall–Kier alpha value is -3.54. The fourth-order valence-electron chi connectivity index (χ4n) is 2.72. The van der Waals surface area contributed by atoms with Gasteiger partial charge in [0.15, 0.2) is 0 Å². The van der Waals surface area contributed by atoms with Crippen molar-refractivity contribution in [3.63, 3.8) is 0 Å². The lowest BCUT2D eigenvalue weighted by atomic mass is 10.0. The number of methoxy groups -OCH3 is 2. The van der Waals surface area contributed by atoms with Crippen LogP contribution in [0.1, 0.15) is 18.1 Å². The molecular formula is C23H26N2O4. The number of alkyl carbamates (subject to hydrolysis) is 1. The zero-order valence-corrected chi connectivity index (χ0v) is 16.8. The Morgan fingerprint density at radius 3 is 2.17 bits per heavy atom. The molecule has 0 fully saturated rings. The van der Waals surface area contributed by atoms with Crippen molar-refractivity contribution >= 4 is 18.1 Å². The van der Waals surface area contributed by atoms with E-state index in [9.17, 15) is 9.59 Å². The summed E-state index contributed by atoms with van der Waals surface area (Å²) >= 11 is 0. The summed E-state index contributed by atoms with van der Waals surface area (Å²) < 4.78 is 9.70. The van der Waals surface area contributed by atoms with Crippen molar-refractivity contribution in [2.24, 2.45) is 0 Å². The first-order valence-electron chi connectivity index (χ1n) is 9.19. The lowest BCUT2D eigenvalue weighted by Crippen LogP contribution is -2.39. The van der Waals surface area contributed by atoms with E-state index in [0.29, 0.717) is 17.8 Å². The first kappa shape index (κ1) is 21.8. The van der Waals surface area contributed by atoms with Crippen molar-refractivity contribution in [3.8, 4) is 0 Å². The van der Waals surface area contributed by atoms with Crippen LogP contribution in [0.25, 0.3) is 6.08 Å². The van der Waals surface area contributed by atoms with Crippen molar-refractivity contribution in [3.05, 3.63) is 89.1 Å². The molecule has 0 aliphatic rings. The minimum absolute atomic E-state index is 0.293. The van der Waals surface area contributed by atoms with Gasteiger partial charge in [0, 0.05) is 12.2 Å². The van der Waals surface area contributed by atoms with Crippen molar-refractivity contribution in [2.45, 2.75) is 19.5 Å². The molecule has 2 rings (SSSR count). The Morgan fingerprint density at radius 2 is 1.59 bits per heavy atom. The summed E-state index contributed by atoms with van der Waals surface area (Å²) in [4.78, 5) is 24.4. The zero-order chi connectivity index (χ0) is 21.1. The van der Waals surface area contributed by atoms with Gasteiger partial charge in [-0.05, 0) is 18.1 Å². The highest BCUT2D eigenvalue weighted by atomic mass is 16.5. The fraction of sp³-hybridized carbons (Fsp3) is 0.217. The Kier molecular flexibility index (Phi) is 8.51. The molecule has 0 aliphatic heterocycles. The topological polar surface area (TPSA) is 76.7 Å². The summed E-state index contributed by atoms with van der Waals surface area (Å²) in [6.07, 6.45) is 2.91. The number of ether oxygens (including phenoxy) is 2. The lowest BCUT2D eigenvalue weighted by molar-refractivity contribution is -0.136. The summed E-state index contributed by atoms with van der Waals surface area (Å²) in [5.74, 6) is -0.540. The van der Waals surface area contributed by atoms with Crippen molar-refractivity contribution in [1.82, 2.24) is 10.6 Å². The Bertz CT molecular complexity index is 861. The molecular weight excluding hydrogens is 368 g/mol. The average molecular weight is 394 g/mol. The predicted molar refractivity (Wildman–Crippen MR) is 113 cm³/mol. The van der Waals surface area contributed by atoms with E-state index in [-0.39, 0.29) is 0 Å². The molecule has 0 aromatic heterocycles. The average Bonchev–Trinajstić information content (AvgIpc) is 2.77. The van der Waals surface area contributed by atoms with E-state index in [4.69, 9.17) is 9.47 Å². The molecule has 1 atom stereocenters. The molecule has 0 aliphatic carbocycles. The summed E-state index contributed by atoms with van der Waals surface area (Å²) in [6.45, 7) is 2.30. The third-order valence-electron chi connectivity index (χ3n) is 4.26. The molecule has 2 aromatic carbocycles. The van der Waals surface area contributed by atoms with Crippen LogP contribution < -0.4 is 10.6 Å². The van der Waals surface area contributed by atoms with Crippen LogP contribution in [0, 0.1) is 0 Å². The van der Waals surface area contributed by atoms with Gasteiger partial charge in [-0.2, -0.15) is 0 Å². The maximum atomic E-state index is 12.5. The van der Waals surface area contributed by atoms with Crippen LogP contribution >= 0.6 is 0 Å². The first-order valence-corrected chi connectivity index (χ1v) is 9.19. The maximum Gasteiger partial charge on any atom is 0.407 e. The normalized spacial score (nSPS) is 12.7. The molecule has 2 aromatic rings. The Morgan fingerprint density at radius 1 is 0.966 bits per heavy atom. The van der Waals surface area contributed by atoms with Crippen LogP contribution in [0.2, 0.25) is 0 Å². The van der Waals surface area contributed by atoms with E-state index in [0.717, 1.165) is 11.1 Å². The second-order valence-electron chi connectivity index (χ2n) is 6.25. The minimum Gasteiger partial charge on any atom is -0.466 e. The Labute approximate surface area is 171 Å². The van der Waals surface area contributed by atoms with E-state index in [1.54, 1.807) is 13.0 Å².